The first-order valence-corrected chi connectivity index (χ1v) is 7.02. The highest BCUT2D eigenvalue weighted by Gasteiger charge is 2.28. The van der Waals surface area contributed by atoms with Crippen molar-refractivity contribution in [1.82, 2.24) is 10.1 Å². The van der Waals surface area contributed by atoms with Gasteiger partial charge in [-0.25, -0.2) is 10.1 Å². The number of amides is 2. The number of hydroxylamine groups is 4. The van der Waals surface area contributed by atoms with Gasteiger partial charge in [-0.2, -0.15) is 0 Å². The molecular formula is C16H24N2O4. The maximum absolute atomic E-state index is 12.1. The summed E-state index contributed by atoms with van der Waals surface area (Å²) in [7, 11) is 0. The molecule has 0 aliphatic rings. The van der Waals surface area contributed by atoms with Crippen molar-refractivity contribution in [3.05, 3.63) is 35.4 Å². The molecule has 2 N–H and O–H groups in total. The van der Waals surface area contributed by atoms with Gasteiger partial charge in [0.05, 0.1) is 11.1 Å². The summed E-state index contributed by atoms with van der Waals surface area (Å²) in [5.41, 5.74) is -0.928. The van der Waals surface area contributed by atoms with Gasteiger partial charge in [0.15, 0.2) is 0 Å². The lowest BCUT2D eigenvalue weighted by atomic mass is 10.0. The largest absolute Gasteiger partial charge is 0.285 e. The molecule has 1 aromatic rings. The first-order valence-electron chi connectivity index (χ1n) is 7.02. The van der Waals surface area contributed by atoms with Crippen LogP contribution in [-0.4, -0.2) is 43.4 Å². The van der Waals surface area contributed by atoms with Gasteiger partial charge in [0.2, 0.25) is 0 Å². The topological polar surface area (TPSA) is 81.1 Å². The van der Waals surface area contributed by atoms with Crippen molar-refractivity contribution in [3.8, 4) is 0 Å². The molecule has 0 saturated heterocycles. The summed E-state index contributed by atoms with van der Waals surface area (Å²) in [6.07, 6.45) is 0. The van der Waals surface area contributed by atoms with E-state index in [4.69, 9.17) is 0 Å². The van der Waals surface area contributed by atoms with Gasteiger partial charge < -0.3 is 0 Å². The van der Waals surface area contributed by atoms with Crippen LogP contribution in [0.25, 0.3) is 0 Å². The van der Waals surface area contributed by atoms with E-state index in [1.54, 1.807) is 41.5 Å². The predicted molar refractivity (Wildman–Crippen MR) is 81.9 cm³/mol. The van der Waals surface area contributed by atoms with Crippen LogP contribution in [0.2, 0.25) is 0 Å². The third-order valence-electron chi connectivity index (χ3n) is 3.03. The van der Waals surface area contributed by atoms with Crippen LogP contribution in [0.4, 0.5) is 0 Å². The van der Waals surface area contributed by atoms with E-state index in [-0.39, 0.29) is 11.1 Å². The molecule has 2 amide bonds. The number of hydrogen-bond donors (Lipinski definition) is 2. The standard InChI is InChI=1S/C16H24N2O4/c1-15(2,3)17(21)13(19)11-7-9-12(10-8-11)14(20)18(22)16(4,5)6/h7-10,21-22H,1-6H3. The van der Waals surface area contributed by atoms with Crippen LogP contribution in [0.15, 0.2) is 24.3 Å². The van der Waals surface area contributed by atoms with E-state index in [0.717, 1.165) is 0 Å². The van der Waals surface area contributed by atoms with E-state index in [0.29, 0.717) is 10.1 Å². The molecule has 0 fully saturated rings. The predicted octanol–water partition coefficient (Wildman–Crippen LogP) is 2.95. The minimum Gasteiger partial charge on any atom is -0.285 e. The molecule has 1 rings (SSSR count). The van der Waals surface area contributed by atoms with Gasteiger partial charge in [-0.15, -0.1) is 0 Å². The highest BCUT2D eigenvalue weighted by molar-refractivity contribution is 5.97. The van der Waals surface area contributed by atoms with Crippen LogP contribution in [0.5, 0.6) is 0 Å². The molecule has 0 aliphatic heterocycles. The van der Waals surface area contributed by atoms with Crippen molar-refractivity contribution in [2.45, 2.75) is 52.6 Å². The number of carbonyl (C=O) groups is 2. The lowest BCUT2D eigenvalue weighted by Gasteiger charge is -2.30. The Labute approximate surface area is 130 Å². The molecule has 0 saturated carbocycles. The van der Waals surface area contributed by atoms with Crippen molar-refractivity contribution < 1.29 is 20.0 Å². The van der Waals surface area contributed by atoms with Crippen molar-refractivity contribution in [2.24, 2.45) is 0 Å². The average Bonchev–Trinajstić information content (AvgIpc) is 2.42. The fourth-order valence-electron chi connectivity index (χ4n) is 1.61. The van der Waals surface area contributed by atoms with Crippen molar-refractivity contribution in [2.75, 3.05) is 0 Å². The SMILES string of the molecule is CC(C)(C)N(O)C(=O)c1ccc(C(=O)N(O)C(C)(C)C)cc1. The van der Waals surface area contributed by atoms with Gasteiger partial charge in [-0.3, -0.25) is 20.0 Å². The maximum Gasteiger partial charge on any atom is 0.277 e. The molecule has 6 heteroatoms. The third-order valence-corrected chi connectivity index (χ3v) is 3.03. The first kappa shape index (κ1) is 18.1. The Hall–Kier alpha value is -1.92. The van der Waals surface area contributed by atoms with E-state index in [9.17, 15) is 20.0 Å². The lowest BCUT2D eigenvalue weighted by Crippen LogP contribution is -2.43. The van der Waals surface area contributed by atoms with Gasteiger partial charge in [-0.05, 0) is 65.8 Å². The van der Waals surface area contributed by atoms with E-state index in [1.165, 1.54) is 24.3 Å². The molecule has 1 aromatic carbocycles. The van der Waals surface area contributed by atoms with Crippen molar-refractivity contribution in [3.63, 3.8) is 0 Å². The Kier molecular flexibility index (Phi) is 4.99. The van der Waals surface area contributed by atoms with Crippen LogP contribution in [0.3, 0.4) is 0 Å². The summed E-state index contributed by atoms with van der Waals surface area (Å²) < 4.78 is 0. The van der Waals surface area contributed by atoms with Crippen molar-refractivity contribution >= 4 is 11.8 Å². The van der Waals surface area contributed by atoms with Gasteiger partial charge in [0, 0.05) is 11.1 Å². The zero-order valence-corrected chi connectivity index (χ0v) is 13.9. The average molecular weight is 308 g/mol. The molecule has 6 nitrogen and oxygen atoms in total. The molecule has 0 aliphatic carbocycles. The molecule has 22 heavy (non-hydrogen) atoms. The molecule has 0 bridgehead atoms. The number of hydrogen-bond acceptors (Lipinski definition) is 4. The van der Waals surface area contributed by atoms with Gasteiger partial charge in [0.1, 0.15) is 0 Å². The smallest absolute Gasteiger partial charge is 0.277 e. The summed E-state index contributed by atoms with van der Waals surface area (Å²) in [5, 5.41) is 21.0. The van der Waals surface area contributed by atoms with E-state index < -0.39 is 22.9 Å². The van der Waals surface area contributed by atoms with E-state index in [2.05, 4.69) is 0 Å². The molecule has 0 atom stereocenters. The van der Waals surface area contributed by atoms with Crippen LogP contribution in [0.1, 0.15) is 62.3 Å². The zero-order chi connectivity index (χ0) is 17.3. The number of nitrogens with zero attached hydrogens (tertiary/aromatic N) is 2. The fraction of sp³-hybridized carbons (Fsp3) is 0.500. The van der Waals surface area contributed by atoms with E-state index in [1.807, 2.05) is 0 Å². The highest BCUT2D eigenvalue weighted by atomic mass is 16.5. The van der Waals surface area contributed by atoms with Gasteiger partial charge in [-0.1, -0.05) is 0 Å². The molecule has 0 heterocycles. The fourth-order valence-corrected chi connectivity index (χ4v) is 1.61. The molecule has 0 unspecified atom stereocenters. The van der Waals surface area contributed by atoms with Crippen LogP contribution < -0.4 is 0 Å². The molecule has 0 radical (unpaired) electrons. The summed E-state index contributed by atoms with van der Waals surface area (Å²) in [6, 6.07) is 5.78. The third kappa shape index (κ3) is 4.05. The normalized spacial score (nSPS) is 12.0. The number of carbonyl (C=O) groups excluding carboxylic acids is 2. The Morgan fingerprint density at radius 2 is 0.955 bits per heavy atom. The zero-order valence-electron chi connectivity index (χ0n) is 13.9. The monoisotopic (exact) mass is 308 g/mol. The Morgan fingerprint density at radius 3 is 1.14 bits per heavy atom. The minimum atomic E-state index is -0.723. The van der Waals surface area contributed by atoms with Crippen molar-refractivity contribution in [1.29, 1.82) is 0 Å². The second-order valence-corrected chi connectivity index (χ2v) is 7.15. The summed E-state index contributed by atoms with van der Waals surface area (Å²) in [6.45, 7) is 10.2. The second-order valence-electron chi connectivity index (χ2n) is 7.15. The van der Waals surface area contributed by atoms with Crippen LogP contribution in [0, 0.1) is 0 Å². The quantitative estimate of drug-likeness (QED) is 0.650. The highest BCUT2D eigenvalue weighted by Crippen LogP contribution is 2.18. The lowest BCUT2D eigenvalue weighted by molar-refractivity contribution is -0.115. The first-order chi connectivity index (χ1) is 9.85. The second kappa shape index (κ2) is 6.06. The molecular weight excluding hydrogens is 284 g/mol. The molecule has 0 spiro atoms. The van der Waals surface area contributed by atoms with Crippen LogP contribution >= 0.6 is 0 Å². The minimum absolute atomic E-state index is 0.259. The molecule has 122 valence electrons. The number of rotatable bonds is 2. The van der Waals surface area contributed by atoms with Gasteiger partial charge >= 0.3 is 0 Å². The summed E-state index contributed by atoms with van der Waals surface area (Å²) in [4.78, 5) is 24.2. The van der Waals surface area contributed by atoms with Crippen LogP contribution in [-0.2, 0) is 0 Å². The molecule has 0 aromatic heterocycles. The Morgan fingerprint density at radius 1 is 0.727 bits per heavy atom. The number of benzene rings is 1. The van der Waals surface area contributed by atoms with Gasteiger partial charge in [0.25, 0.3) is 11.8 Å². The summed E-state index contributed by atoms with van der Waals surface area (Å²) in [5.74, 6) is -1.11. The maximum atomic E-state index is 12.1. The Balaban J connectivity index is 2.97. The Bertz CT molecular complexity index is 502. The van der Waals surface area contributed by atoms with E-state index >= 15 is 0 Å². The summed E-state index contributed by atoms with van der Waals surface area (Å²) >= 11 is 0.